The number of hydrogen-bond acceptors (Lipinski definition) is 4. The Morgan fingerprint density at radius 1 is 1.50 bits per heavy atom. The second-order valence-corrected chi connectivity index (χ2v) is 4.03. The van der Waals surface area contributed by atoms with E-state index >= 15 is 0 Å². The van der Waals surface area contributed by atoms with Crippen molar-refractivity contribution in [2.45, 2.75) is 20.4 Å². The number of amidine groups is 1. The molecule has 5 heteroatoms. The number of rotatable bonds is 8. The summed E-state index contributed by atoms with van der Waals surface area (Å²) >= 11 is 0. The molecule has 0 radical (unpaired) electrons. The third kappa shape index (κ3) is 4.81. The molecule has 0 aliphatic rings. The summed E-state index contributed by atoms with van der Waals surface area (Å²) in [5.41, 5.74) is 7.09. The maximum atomic E-state index is 7.38. The van der Waals surface area contributed by atoms with Gasteiger partial charge in [-0.3, -0.25) is 15.3 Å². The number of nitrogens with zero attached hydrogens (tertiary/aromatic N) is 2. The van der Waals surface area contributed by atoms with E-state index in [-0.39, 0.29) is 5.84 Å². The molecule has 0 aliphatic carbocycles. The van der Waals surface area contributed by atoms with E-state index in [4.69, 9.17) is 15.9 Å². The lowest BCUT2D eigenvalue weighted by molar-refractivity contribution is 0.113. The molecule has 0 saturated heterocycles. The van der Waals surface area contributed by atoms with Crippen LogP contribution in [0.3, 0.4) is 0 Å². The number of pyridine rings is 1. The molecular weight excluding hydrogens is 228 g/mol. The van der Waals surface area contributed by atoms with Crippen molar-refractivity contribution in [1.29, 1.82) is 5.41 Å². The highest BCUT2D eigenvalue weighted by atomic mass is 16.5. The zero-order valence-corrected chi connectivity index (χ0v) is 11.1. The molecule has 1 aromatic rings. The van der Waals surface area contributed by atoms with Gasteiger partial charge in [0, 0.05) is 25.9 Å². The molecule has 1 heterocycles. The molecule has 0 fully saturated rings. The first-order chi connectivity index (χ1) is 8.67. The zero-order valence-electron chi connectivity index (χ0n) is 11.1. The predicted molar refractivity (Wildman–Crippen MR) is 72.7 cm³/mol. The van der Waals surface area contributed by atoms with E-state index in [9.17, 15) is 0 Å². The van der Waals surface area contributed by atoms with Crippen LogP contribution in [0.25, 0.3) is 0 Å². The van der Waals surface area contributed by atoms with E-state index in [1.165, 1.54) is 0 Å². The van der Waals surface area contributed by atoms with Crippen LogP contribution in [-0.2, 0) is 11.3 Å². The van der Waals surface area contributed by atoms with Gasteiger partial charge in [-0.05, 0) is 31.2 Å². The lowest BCUT2D eigenvalue weighted by Crippen LogP contribution is -2.27. The van der Waals surface area contributed by atoms with Crippen LogP contribution in [0.1, 0.15) is 25.1 Å². The number of likely N-dealkylation sites (N-methyl/N-ethyl adjacent to an activating group) is 1. The van der Waals surface area contributed by atoms with Gasteiger partial charge >= 0.3 is 0 Å². The Bertz CT molecular complexity index is 381. The van der Waals surface area contributed by atoms with Crippen LogP contribution in [-0.4, -0.2) is 42.0 Å². The molecule has 0 aromatic carbocycles. The number of ether oxygens (including phenoxy) is 1. The molecule has 100 valence electrons. The second kappa shape index (κ2) is 7.79. The van der Waals surface area contributed by atoms with Crippen molar-refractivity contribution in [3.63, 3.8) is 0 Å². The molecular formula is C13H22N4O. The third-order valence-electron chi connectivity index (χ3n) is 2.71. The summed E-state index contributed by atoms with van der Waals surface area (Å²) in [5, 5.41) is 7.38. The van der Waals surface area contributed by atoms with Crippen molar-refractivity contribution in [1.82, 2.24) is 9.88 Å². The van der Waals surface area contributed by atoms with Crippen LogP contribution >= 0.6 is 0 Å². The van der Waals surface area contributed by atoms with Crippen molar-refractivity contribution < 1.29 is 4.74 Å². The average molecular weight is 250 g/mol. The summed E-state index contributed by atoms with van der Waals surface area (Å²) in [5.74, 6) is 0.00853. The smallest absolute Gasteiger partial charge is 0.141 e. The van der Waals surface area contributed by atoms with Gasteiger partial charge in [0.25, 0.3) is 0 Å². The van der Waals surface area contributed by atoms with Gasteiger partial charge in [-0.1, -0.05) is 6.92 Å². The highest BCUT2D eigenvalue weighted by molar-refractivity contribution is 5.93. The summed E-state index contributed by atoms with van der Waals surface area (Å²) in [6, 6.07) is 3.82. The molecule has 1 rings (SSSR count). The van der Waals surface area contributed by atoms with Crippen LogP contribution in [0.5, 0.6) is 0 Å². The molecule has 0 saturated carbocycles. The first-order valence-corrected chi connectivity index (χ1v) is 6.26. The molecule has 18 heavy (non-hydrogen) atoms. The van der Waals surface area contributed by atoms with Crippen LogP contribution in [0, 0.1) is 5.41 Å². The molecule has 5 nitrogen and oxygen atoms in total. The van der Waals surface area contributed by atoms with Gasteiger partial charge in [0.15, 0.2) is 0 Å². The van der Waals surface area contributed by atoms with Crippen molar-refractivity contribution in [3.8, 4) is 0 Å². The Morgan fingerprint density at radius 2 is 2.28 bits per heavy atom. The van der Waals surface area contributed by atoms with E-state index in [1.54, 1.807) is 6.20 Å². The van der Waals surface area contributed by atoms with Gasteiger partial charge in [0.1, 0.15) is 11.5 Å². The Morgan fingerprint density at radius 3 is 2.89 bits per heavy atom. The van der Waals surface area contributed by atoms with Crippen LogP contribution in [0.15, 0.2) is 18.3 Å². The zero-order chi connectivity index (χ0) is 13.4. The average Bonchev–Trinajstić information content (AvgIpc) is 2.38. The molecule has 0 bridgehead atoms. The molecule has 0 atom stereocenters. The van der Waals surface area contributed by atoms with Crippen LogP contribution < -0.4 is 5.73 Å². The van der Waals surface area contributed by atoms with Gasteiger partial charge in [0.2, 0.25) is 0 Å². The third-order valence-corrected chi connectivity index (χ3v) is 2.71. The fourth-order valence-corrected chi connectivity index (χ4v) is 1.67. The minimum Gasteiger partial charge on any atom is -0.382 e. The summed E-state index contributed by atoms with van der Waals surface area (Å²) in [6.45, 7) is 8.31. The summed E-state index contributed by atoms with van der Waals surface area (Å²) in [7, 11) is 0. The van der Waals surface area contributed by atoms with Gasteiger partial charge in [-0.2, -0.15) is 0 Å². The Hall–Kier alpha value is -1.46. The van der Waals surface area contributed by atoms with Gasteiger partial charge in [0.05, 0.1) is 6.61 Å². The molecule has 3 N–H and O–H groups in total. The molecule has 0 unspecified atom stereocenters. The maximum Gasteiger partial charge on any atom is 0.141 e. The number of aromatic nitrogens is 1. The first kappa shape index (κ1) is 14.6. The highest BCUT2D eigenvalue weighted by Crippen LogP contribution is 2.05. The quantitative estimate of drug-likeness (QED) is 0.413. The van der Waals surface area contributed by atoms with Crippen molar-refractivity contribution >= 4 is 5.84 Å². The number of nitrogens with one attached hydrogen (secondary N) is 1. The van der Waals surface area contributed by atoms with Crippen molar-refractivity contribution in [3.05, 3.63) is 29.6 Å². The molecule has 0 spiro atoms. The van der Waals surface area contributed by atoms with E-state index in [1.807, 2.05) is 19.1 Å². The number of nitrogens with two attached hydrogens (primary N) is 1. The first-order valence-electron chi connectivity index (χ1n) is 6.26. The molecule has 0 aliphatic heterocycles. The van der Waals surface area contributed by atoms with E-state index < -0.39 is 0 Å². The van der Waals surface area contributed by atoms with Crippen LogP contribution in [0.4, 0.5) is 0 Å². The van der Waals surface area contributed by atoms with Crippen molar-refractivity contribution in [2.24, 2.45) is 5.73 Å². The fourth-order valence-electron chi connectivity index (χ4n) is 1.67. The van der Waals surface area contributed by atoms with Crippen LogP contribution in [0.2, 0.25) is 0 Å². The monoisotopic (exact) mass is 250 g/mol. The fraction of sp³-hybridized carbons (Fsp3) is 0.538. The van der Waals surface area contributed by atoms with Gasteiger partial charge < -0.3 is 10.5 Å². The van der Waals surface area contributed by atoms with Crippen molar-refractivity contribution in [2.75, 3.05) is 26.3 Å². The van der Waals surface area contributed by atoms with E-state index in [0.29, 0.717) is 5.69 Å². The minimum absolute atomic E-state index is 0.00853. The van der Waals surface area contributed by atoms with Gasteiger partial charge in [-0.25, -0.2) is 0 Å². The largest absolute Gasteiger partial charge is 0.382 e. The molecule has 1 aromatic heterocycles. The minimum atomic E-state index is 0.00853. The SMILES string of the molecule is CCOCCN(CC)Cc1ccnc(C(=N)N)c1. The standard InChI is InChI=1S/C13H22N4O/c1-3-17(7-8-18-4-2)10-11-5-6-16-12(9-11)13(14)15/h5-6,9H,3-4,7-8,10H2,1-2H3,(H3,14,15). The van der Waals surface area contributed by atoms with E-state index in [0.717, 1.165) is 38.4 Å². The maximum absolute atomic E-state index is 7.38. The predicted octanol–water partition coefficient (Wildman–Crippen LogP) is 1.22. The lowest BCUT2D eigenvalue weighted by Gasteiger charge is -2.20. The normalized spacial score (nSPS) is 10.8. The second-order valence-electron chi connectivity index (χ2n) is 4.03. The summed E-state index contributed by atoms with van der Waals surface area (Å²) in [4.78, 5) is 6.34. The Balaban J connectivity index is 2.58. The lowest BCUT2D eigenvalue weighted by atomic mass is 10.2. The summed E-state index contributed by atoms with van der Waals surface area (Å²) < 4.78 is 5.36. The Kier molecular flexibility index (Phi) is 6.32. The highest BCUT2D eigenvalue weighted by Gasteiger charge is 2.05. The Labute approximate surface area is 108 Å². The number of hydrogen-bond donors (Lipinski definition) is 2. The molecule has 0 amide bonds. The van der Waals surface area contributed by atoms with Gasteiger partial charge in [-0.15, -0.1) is 0 Å². The summed E-state index contributed by atoms with van der Waals surface area (Å²) in [6.07, 6.45) is 1.70. The number of nitrogen functional groups attached to an aromatic ring is 1. The van der Waals surface area contributed by atoms with E-state index in [2.05, 4.69) is 16.8 Å². The topological polar surface area (TPSA) is 75.2 Å².